The summed E-state index contributed by atoms with van der Waals surface area (Å²) in [6.45, 7) is 1.20. The van der Waals surface area contributed by atoms with Crippen LogP contribution in [0.5, 0.6) is 5.75 Å². The third-order valence-corrected chi connectivity index (χ3v) is 6.77. The zero-order valence-corrected chi connectivity index (χ0v) is 18.9. The lowest BCUT2D eigenvalue weighted by molar-refractivity contribution is -0.135. The van der Waals surface area contributed by atoms with Crippen LogP contribution in [0, 0.1) is 5.92 Å². The molecule has 32 heavy (non-hydrogen) atoms. The Labute approximate surface area is 192 Å². The van der Waals surface area contributed by atoms with Crippen LogP contribution in [0.25, 0.3) is 0 Å². The van der Waals surface area contributed by atoms with Gasteiger partial charge >= 0.3 is 0 Å². The second-order valence-electron chi connectivity index (χ2n) is 7.89. The van der Waals surface area contributed by atoms with Gasteiger partial charge in [-0.25, -0.2) is 0 Å². The van der Waals surface area contributed by atoms with Crippen LogP contribution in [0.4, 0.5) is 0 Å². The molecule has 7 heteroatoms. The number of pyridine rings is 1. The molecule has 3 heterocycles. The zero-order chi connectivity index (χ0) is 22.3. The number of benzene rings is 1. The Kier molecular flexibility index (Phi) is 7.17. The van der Waals surface area contributed by atoms with Gasteiger partial charge in [-0.05, 0) is 54.1 Å². The highest BCUT2D eigenvalue weighted by molar-refractivity contribution is 7.10. The predicted molar refractivity (Wildman–Crippen MR) is 125 cm³/mol. The SMILES string of the molecule is COc1ccc(CC(=O)N2CCC(C(=O)NC(c3ccccn3)c3cccs3)CC2)cc1. The van der Waals surface area contributed by atoms with Crippen molar-refractivity contribution in [2.75, 3.05) is 20.2 Å². The van der Waals surface area contributed by atoms with Crippen molar-refractivity contribution in [2.45, 2.75) is 25.3 Å². The van der Waals surface area contributed by atoms with Gasteiger partial charge in [0.1, 0.15) is 11.8 Å². The summed E-state index contributed by atoms with van der Waals surface area (Å²) >= 11 is 1.61. The van der Waals surface area contributed by atoms with E-state index in [0.717, 1.165) is 21.9 Å². The molecular formula is C25H27N3O3S. The van der Waals surface area contributed by atoms with Crippen LogP contribution >= 0.6 is 11.3 Å². The number of ether oxygens (including phenoxy) is 1. The number of amides is 2. The molecule has 0 spiro atoms. The quantitative estimate of drug-likeness (QED) is 0.595. The van der Waals surface area contributed by atoms with E-state index in [1.807, 2.05) is 64.9 Å². The van der Waals surface area contributed by atoms with Gasteiger partial charge in [0.05, 0.1) is 19.2 Å². The van der Waals surface area contributed by atoms with E-state index in [9.17, 15) is 9.59 Å². The van der Waals surface area contributed by atoms with Gasteiger partial charge < -0.3 is 15.0 Å². The molecule has 6 nitrogen and oxygen atoms in total. The molecule has 0 aliphatic carbocycles. The zero-order valence-electron chi connectivity index (χ0n) is 18.1. The number of carbonyl (C=O) groups excluding carboxylic acids is 2. The number of carbonyl (C=O) groups is 2. The molecule has 2 aromatic heterocycles. The van der Waals surface area contributed by atoms with Crippen LogP contribution in [0.2, 0.25) is 0 Å². The lowest BCUT2D eigenvalue weighted by Crippen LogP contribution is -2.44. The van der Waals surface area contributed by atoms with Gasteiger partial charge in [0.2, 0.25) is 11.8 Å². The summed E-state index contributed by atoms with van der Waals surface area (Å²) in [5.41, 5.74) is 1.79. The largest absolute Gasteiger partial charge is 0.497 e. The van der Waals surface area contributed by atoms with Gasteiger partial charge in [0.15, 0.2) is 0 Å². The minimum Gasteiger partial charge on any atom is -0.497 e. The Morgan fingerprint density at radius 3 is 2.53 bits per heavy atom. The molecular weight excluding hydrogens is 422 g/mol. The van der Waals surface area contributed by atoms with Crippen molar-refractivity contribution in [3.05, 3.63) is 82.3 Å². The number of methoxy groups -OCH3 is 1. The van der Waals surface area contributed by atoms with Crippen LogP contribution < -0.4 is 10.1 Å². The molecule has 0 bridgehead atoms. The first-order valence-electron chi connectivity index (χ1n) is 10.8. The molecule has 1 saturated heterocycles. The standard InChI is InChI=1S/C25H27N3O3S/c1-31-20-9-7-18(8-10-20)17-23(29)28-14-11-19(12-15-28)25(30)27-24(22-6-4-16-32-22)21-5-2-3-13-26-21/h2-10,13,16,19,24H,11-12,14-15,17H2,1H3,(H,27,30). The maximum Gasteiger partial charge on any atom is 0.226 e. The molecule has 1 aliphatic rings. The molecule has 1 aromatic carbocycles. The number of piperidine rings is 1. The number of nitrogens with zero attached hydrogens (tertiary/aromatic N) is 2. The fraction of sp³-hybridized carbons (Fsp3) is 0.320. The molecule has 0 saturated carbocycles. The van der Waals surface area contributed by atoms with Crippen molar-refractivity contribution in [1.29, 1.82) is 0 Å². The van der Waals surface area contributed by atoms with Crippen LogP contribution in [-0.2, 0) is 16.0 Å². The van der Waals surface area contributed by atoms with E-state index >= 15 is 0 Å². The highest BCUT2D eigenvalue weighted by atomic mass is 32.1. The van der Waals surface area contributed by atoms with Gasteiger partial charge in [-0.1, -0.05) is 24.3 Å². The molecule has 0 radical (unpaired) electrons. The summed E-state index contributed by atoms with van der Waals surface area (Å²) in [6, 6.07) is 17.1. The molecule has 3 aromatic rings. The van der Waals surface area contributed by atoms with Crippen LogP contribution in [0.1, 0.15) is 35.0 Å². The summed E-state index contributed by atoms with van der Waals surface area (Å²) < 4.78 is 5.17. The first-order valence-corrected chi connectivity index (χ1v) is 11.7. The van der Waals surface area contributed by atoms with E-state index in [1.54, 1.807) is 24.6 Å². The van der Waals surface area contributed by atoms with Gasteiger partial charge in [-0.3, -0.25) is 14.6 Å². The fourth-order valence-electron chi connectivity index (χ4n) is 3.97. The number of aromatic nitrogens is 1. The topological polar surface area (TPSA) is 71.5 Å². The molecule has 1 unspecified atom stereocenters. The van der Waals surface area contributed by atoms with E-state index < -0.39 is 0 Å². The first-order chi connectivity index (χ1) is 15.6. The van der Waals surface area contributed by atoms with E-state index in [2.05, 4.69) is 10.3 Å². The number of nitrogens with one attached hydrogen (secondary N) is 1. The first kappa shape index (κ1) is 22.0. The van der Waals surface area contributed by atoms with Crippen molar-refractivity contribution in [2.24, 2.45) is 5.92 Å². The van der Waals surface area contributed by atoms with Crippen molar-refractivity contribution in [1.82, 2.24) is 15.2 Å². The molecule has 1 atom stereocenters. The highest BCUT2D eigenvalue weighted by Crippen LogP contribution is 2.26. The van der Waals surface area contributed by atoms with Crippen molar-refractivity contribution in [3.8, 4) is 5.75 Å². The van der Waals surface area contributed by atoms with Gasteiger partial charge in [-0.2, -0.15) is 0 Å². The van der Waals surface area contributed by atoms with Crippen LogP contribution in [0.15, 0.2) is 66.2 Å². The third-order valence-electron chi connectivity index (χ3n) is 5.83. The molecule has 1 N–H and O–H groups in total. The van der Waals surface area contributed by atoms with Crippen molar-refractivity contribution in [3.63, 3.8) is 0 Å². The summed E-state index contributed by atoms with van der Waals surface area (Å²) in [5.74, 6) is 0.793. The Bertz CT molecular complexity index is 1010. The lowest BCUT2D eigenvalue weighted by atomic mass is 9.94. The van der Waals surface area contributed by atoms with Crippen molar-refractivity contribution < 1.29 is 14.3 Å². The summed E-state index contributed by atoms with van der Waals surface area (Å²) in [4.78, 5) is 33.1. The molecule has 166 valence electrons. The normalized spacial score (nSPS) is 15.2. The Balaban J connectivity index is 1.33. The van der Waals surface area contributed by atoms with Crippen LogP contribution in [-0.4, -0.2) is 41.9 Å². The Hall–Kier alpha value is -3.19. The summed E-state index contributed by atoms with van der Waals surface area (Å²) in [6.07, 6.45) is 3.44. The van der Waals surface area contributed by atoms with E-state index in [0.29, 0.717) is 32.4 Å². The minimum atomic E-state index is -0.251. The number of thiophene rings is 1. The van der Waals surface area contributed by atoms with Gasteiger partial charge in [0.25, 0.3) is 0 Å². The Morgan fingerprint density at radius 2 is 1.91 bits per heavy atom. The second-order valence-corrected chi connectivity index (χ2v) is 8.87. The predicted octanol–water partition coefficient (Wildman–Crippen LogP) is 3.84. The molecule has 1 aliphatic heterocycles. The average Bonchev–Trinajstić information content (AvgIpc) is 3.38. The second kappa shape index (κ2) is 10.4. The smallest absolute Gasteiger partial charge is 0.226 e. The lowest BCUT2D eigenvalue weighted by Gasteiger charge is -2.32. The molecule has 4 rings (SSSR count). The van der Waals surface area contributed by atoms with Gasteiger partial charge in [-0.15, -0.1) is 11.3 Å². The summed E-state index contributed by atoms with van der Waals surface area (Å²) in [5, 5.41) is 5.20. The number of likely N-dealkylation sites (tertiary alicyclic amines) is 1. The molecule has 2 amide bonds. The number of hydrogen-bond donors (Lipinski definition) is 1. The maximum absolute atomic E-state index is 13.1. The average molecular weight is 450 g/mol. The van der Waals surface area contributed by atoms with Gasteiger partial charge in [0, 0.05) is 30.1 Å². The van der Waals surface area contributed by atoms with E-state index in [1.165, 1.54) is 0 Å². The third kappa shape index (κ3) is 5.34. The molecule has 1 fully saturated rings. The Morgan fingerprint density at radius 1 is 1.12 bits per heavy atom. The monoisotopic (exact) mass is 449 g/mol. The highest BCUT2D eigenvalue weighted by Gasteiger charge is 2.29. The van der Waals surface area contributed by atoms with E-state index in [4.69, 9.17) is 4.74 Å². The number of rotatable bonds is 7. The maximum atomic E-state index is 13.1. The fourth-order valence-corrected chi connectivity index (χ4v) is 4.76. The summed E-state index contributed by atoms with van der Waals surface area (Å²) in [7, 11) is 1.62. The van der Waals surface area contributed by atoms with Crippen molar-refractivity contribution >= 4 is 23.2 Å². The van der Waals surface area contributed by atoms with E-state index in [-0.39, 0.29) is 23.8 Å². The number of hydrogen-bond acceptors (Lipinski definition) is 5. The minimum absolute atomic E-state index is 0.0244. The van der Waals surface area contributed by atoms with Crippen LogP contribution in [0.3, 0.4) is 0 Å².